The van der Waals surface area contributed by atoms with Gasteiger partial charge in [-0.05, 0) is 38.1 Å². The van der Waals surface area contributed by atoms with E-state index in [0.717, 1.165) is 10.7 Å². The second kappa shape index (κ2) is 14.1. The normalized spacial score (nSPS) is 9.55. The first-order chi connectivity index (χ1) is 16.0. The van der Waals surface area contributed by atoms with Gasteiger partial charge in [0.1, 0.15) is 0 Å². The molecule has 0 radical (unpaired) electrons. The molecule has 0 atom stereocenters. The molecule has 0 aliphatic heterocycles. The molecule has 11 heteroatoms. The van der Waals surface area contributed by atoms with Crippen LogP contribution in [-0.2, 0) is 9.47 Å². The minimum absolute atomic E-state index is 0.337. The summed E-state index contributed by atoms with van der Waals surface area (Å²) in [6, 6.07) is 7.09. The fourth-order valence-electron chi connectivity index (χ4n) is 2.19. The maximum atomic E-state index is 11.4. The molecule has 172 valence electrons. The quantitative estimate of drug-likeness (QED) is 0.437. The van der Waals surface area contributed by atoms with E-state index in [1.54, 1.807) is 61.6 Å². The molecule has 0 saturated carbocycles. The lowest BCUT2D eigenvalue weighted by atomic mass is 10.3. The minimum Gasteiger partial charge on any atom is -0.462 e. The number of carbonyl (C=O) groups excluding carboxylic acids is 2. The van der Waals surface area contributed by atoms with Crippen molar-refractivity contribution in [3.63, 3.8) is 0 Å². The molecule has 4 heterocycles. The summed E-state index contributed by atoms with van der Waals surface area (Å²) < 4.78 is 11.2. The van der Waals surface area contributed by atoms with Gasteiger partial charge in [0.05, 0.1) is 42.4 Å². The lowest BCUT2D eigenvalue weighted by Crippen LogP contribution is -2.03. The molecular weight excluding hydrogens is 448 g/mol. The van der Waals surface area contributed by atoms with Gasteiger partial charge in [-0.15, -0.1) is 0 Å². The third-order valence-electron chi connectivity index (χ3n) is 3.67. The molecule has 4 rings (SSSR count). The van der Waals surface area contributed by atoms with E-state index >= 15 is 0 Å². The van der Waals surface area contributed by atoms with Gasteiger partial charge in [-0.3, -0.25) is 15.1 Å². The Morgan fingerprint density at radius 2 is 1.48 bits per heavy atom. The maximum absolute atomic E-state index is 11.4. The fraction of sp³-hybridized carbons (Fsp3) is 0.182. The number of esters is 2. The lowest BCUT2D eigenvalue weighted by molar-refractivity contribution is 0.0516. The Balaban J connectivity index is 0.000000193. The molecule has 4 aromatic heterocycles. The highest BCUT2D eigenvalue weighted by atomic mass is 35.5. The summed E-state index contributed by atoms with van der Waals surface area (Å²) in [5.41, 5.74) is 1.76. The van der Waals surface area contributed by atoms with E-state index in [1.165, 1.54) is 18.6 Å². The third-order valence-corrected chi connectivity index (χ3v) is 3.92. The van der Waals surface area contributed by atoms with E-state index in [0.29, 0.717) is 24.3 Å². The van der Waals surface area contributed by atoms with Crippen LogP contribution in [0.5, 0.6) is 0 Å². The molecule has 0 aromatic carbocycles. The number of rotatable bonds is 5. The van der Waals surface area contributed by atoms with Gasteiger partial charge in [0.15, 0.2) is 0 Å². The first-order valence-corrected chi connectivity index (χ1v) is 10.3. The Morgan fingerprint density at radius 1 is 0.909 bits per heavy atom. The van der Waals surface area contributed by atoms with Crippen LogP contribution in [0.4, 0.5) is 0 Å². The average molecular weight is 471 g/mol. The predicted octanol–water partition coefficient (Wildman–Crippen LogP) is 3.77. The highest BCUT2D eigenvalue weighted by Gasteiger charge is 2.09. The fourth-order valence-corrected chi connectivity index (χ4v) is 2.30. The first kappa shape index (κ1) is 25.2. The van der Waals surface area contributed by atoms with Crippen molar-refractivity contribution in [3.05, 3.63) is 90.0 Å². The summed E-state index contributed by atoms with van der Waals surface area (Å²) in [4.78, 5) is 29.9. The van der Waals surface area contributed by atoms with E-state index in [4.69, 9.17) is 16.3 Å². The molecule has 33 heavy (non-hydrogen) atoms. The number of nitrogens with one attached hydrogen (secondary N) is 1. The minimum atomic E-state index is -0.359. The van der Waals surface area contributed by atoms with Crippen LogP contribution < -0.4 is 0 Å². The van der Waals surface area contributed by atoms with Crippen molar-refractivity contribution in [2.45, 2.75) is 13.8 Å². The van der Waals surface area contributed by atoms with Gasteiger partial charge in [-0.2, -0.15) is 10.2 Å². The Bertz CT molecular complexity index is 1090. The van der Waals surface area contributed by atoms with Crippen molar-refractivity contribution < 1.29 is 19.1 Å². The number of ether oxygens (including phenoxy) is 2. The van der Waals surface area contributed by atoms with Crippen molar-refractivity contribution in [1.82, 2.24) is 29.9 Å². The molecule has 0 spiro atoms. The molecule has 1 N–H and O–H groups in total. The van der Waals surface area contributed by atoms with E-state index in [2.05, 4.69) is 30.0 Å². The predicted molar refractivity (Wildman–Crippen MR) is 121 cm³/mol. The average Bonchev–Trinajstić information content (AvgIpc) is 3.54. The molecule has 0 unspecified atom stereocenters. The number of H-pyrrole nitrogens is 1. The highest BCUT2D eigenvalue weighted by molar-refractivity contribution is 6.30. The Labute approximate surface area is 195 Å². The van der Waals surface area contributed by atoms with Crippen LogP contribution in [0.2, 0.25) is 5.02 Å². The van der Waals surface area contributed by atoms with Gasteiger partial charge in [0, 0.05) is 42.2 Å². The number of pyridine rings is 2. The number of halogens is 1. The molecular formula is C22H23ClN6O4. The van der Waals surface area contributed by atoms with Crippen molar-refractivity contribution in [3.8, 4) is 5.69 Å². The summed E-state index contributed by atoms with van der Waals surface area (Å²) in [5.74, 6) is -0.695. The Hall–Kier alpha value is -4.05. The van der Waals surface area contributed by atoms with Crippen LogP contribution in [-0.4, -0.2) is 55.1 Å². The standard InChI is InChI=1S/C11H11N3O2.C6H8N2O2.C5H4ClN/c1-2-16-11(15)9-7-13-14(8-9)10-3-5-12-6-4-10;1-2-10-6(9)5-3-7-8-4-5;6-5-1-3-7-4-2-5/h3-8H,2H2,1H3;3-4H,2H2,1H3,(H,7,8);1-4H. The van der Waals surface area contributed by atoms with Crippen LogP contribution in [0, 0.1) is 0 Å². The van der Waals surface area contributed by atoms with E-state index < -0.39 is 0 Å². The van der Waals surface area contributed by atoms with Crippen LogP contribution in [0.1, 0.15) is 34.6 Å². The first-order valence-electron chi connectivity index (χ1n) is 9.88. The number of aromatic amines is 1. The zero-order valence-corrected chi connectivity index (χ0v) is 18.8. The SMILES string of the molecule is CCOC(=O)c1cn[nH]c1.CCOC(=O)c1cnn(-c2ccncc2)c1.Clc1ccncc1. The molecule has 0 saturated heterocycles. The van der Waals surface area contributed by atoms with Crippen molar-refractivity contribution >= 4 is 23.5 Å². The lowest BCUT2D eigenvalue weighted by Gasteiger charge is -1.99. The smallest absolute Gasteiger partial charge is 0.341 e. The number of nitrogens with zero attached hydrogens (tertiary/aromatic N) is 5. The van der Waals surface area contributed by atoms with E-state index in [-0.39, 0.29) is 11.9 Å². The van der Waals surface area contributed by atoms with E-state index in [9.17, 15) is 9.59 Å². The summed E-state index contributed by atoms with van der Waals surface area (Å²) in [6.07, 6.45) is 12.7. The van der Waals surface area contributed by atoms with Crippen LogP contribution in [0.3, 0.4) is 0 Å². The summed E-state index contributed by atoms with van der Waals surface area (Å²) >= 11 is 5.50. The zero-order chi connectivity index (χ0) is 23.9. The van der Waals surface area contributed by atoms with Gasteiger partial charge in [-0.25, -0.2) is 14.3 Å². The monoisotopic (exact) mass is 470 g/mol. The van der Waals surface area contributed by atoms with Gasteiger partial charge >= 0.3 is 11.9 Å². The third kappa shape index (κ3) is 8.91. The molecule has 0 aliphatic rings. The Morgan fingerprint density at radius 3 is 1.97 bits per heavy atom. The number of carbonyl (C=O) groups is 2. The van der Waals surface area contributed by atoms with Crippen molar-refractivity contribution in [1.29, 1.82) is 0 Å². The molecule has 0 aliphatic carbocycles. The van der Waals surface area contributed by atoms with Gasteiger partial charge in [-0.1, -0.05) is 11.6 Å². The van der Waals surface area contributed by atoms with Crippen LogP contribution in [0.15, 0.2) is 73.8 Å². The van der Waals surface area contributed by atoms with Crippen LogP contribution in [0.25, 0.3) is 5.69 Å². The van der Waals surface area contributed by atoms with Crippen LogP contribution >= 0.6 is 11.6 Å². The van der Waals surface area contributed by atoms with E-state index in [1.807, 2.05) is 12.1 Å². The summed E-state index contributed by atoms with van der Waals surface area (Å²) in [6.45, 7) is 4.28. The molecule has 10 nitrogen and oxygen atoms in total. The maximum Gasteiger partial charge on any atom is 0.341 e. The summed E-state index contributed by atoms with van der Waals surface area (Å²) in [5, 5.41) is 10.9. The van der Waals surface area contributed by atoms with Gasteiger partial charge in [0.25, 0.3) is 0 Å². The Kier molecular flexibility index (Phi) is 10.8. The largest absolute Gasteiger partial charge is 0.462 e. The zero-order valence-electron chi connectivity index (χ0n) is 18.1. The van der Waals surface area contributed by atoms with Crippen molar-refractivity contribution in [2.24, 2.45) is 0 Å². The molecule has 0 fully saturated rings. The second-order valence-corrected chi connectivity index (χ2v) is 6.41. The number of aromatic nitrogens is 6. The van der Waals surface area contributed by atoms with Crippen molar-refractivity contribution in [2.75, 3.05) is 13.2 Å². The number of hydrogen-bond donors (Lipinski definition) is 1. The second-order valence-electron chi connectivity index (χ2n) is 5.97. The van der Waals surface area contributed by atoms with Gasteiger partial charge in [0.2, 0.25) is 0 Å². The molecule has 0 amide bonds. The highest BCUT2D eigenvalue weighted by Crippen LogP contribution is 2.07. The molecule has 0 bridgehead atoms. The number of hydrogen-bond acceptors (Lipinski definition) is 8. The molecule has 4 aromatic rings. The topological polar surface area (TPSA) is 125 Å². The van der Waals surface area contributed by atoms with Gasteiger partial charge < -0.3 is 9.47 Å². The summed E-state index contributed by atoms with van der Waals surface area (Å²) in [7, 11) is 0.